The summed E-state index contributed by atoms with van der Waals surface area (Å²) in [7, 11) is 0. The molecule has 2 rings (SSSR count). The maximum atomic E-state index is 13.4. The molecule has 6 heteroatoms. The van der Waals surface area contributed by atoms with Gasteiger partial charge in [0.1, 0.15) is 5.82 Å². The molecule has 0 saturated heterocycles. The summed E-state index contributed by atoms with van der Waals surface area (Å²) in [5.74, 6) is -1.57. The SMILES string of the molecule is O=C(CCNc1c(F)cc(F)cc1Cl)NC1CC1. The number of hydrogen-bond acceptors (Lipinski definition) is 2. The third-order valence-electron chi connectivity index (χ3n) is 2.60. The molecule has 18 heavy (non-hydrogen) atoms. The van der Waals surface area contributed by atoms with Gasteiger partial charge in [-0.05, 0) is 18.9 Å². The van der Waals surface area contributed by atoms with Crippen LogP contribution in [0.4, 0.5) is 14.5 Å². The molecule has 0 aliphatic heterocycles. The minimum Gasteiger partial charge on any atom is -0.381 e. The summed E-state index contributed by atoms with van der Waals surface area (Å²) in [4.78, 5) is 11.4. The third kappa shape index (κ3) is 3.57. The minimum atomic E-state index is -0.761. The molecule has 1 aliphatic carbocycles. The molecular weight excluding hydrogens is 262 g/mol. The Balaban J connectivity index is 1.84. The summed E-state index contributed by atoms with van der Waals surface area (Å²) >= 11 is 5.70. The average Bonchev–Trinajstić information content (AvgIpc) is 3.05. The second-order valence-electron chi connectivity index (χ2n) is 4.26. The Labute approximate surface area is 109 Å². The van der Waals surface area contributed by atoms with E-state index in [1.807, 2.05) is 0 Å². The Morgan fingerprint density at radius 2 is 2.11 bits per heavy atom. The molecule has 1 aromatic rings. The fourth-order valence-electron chi connectivity index (χ4n) is 1.54. The molecule has 0 spiro atoms. The molecule has 0 radical (unpaired) electrons. The molecule has 0 unspecified atom stereocenters. The Bertz CT molecular complexity index is 440. The van der Waals surface area contributed by atoms with Gasteiger partial charge in [0.2, 0.25) is 5.91 Å². The molecule has 98 valence electrons. The van der Waals surface area contributed by atoms with Crippen LogP contribution in [0.25, 0.3) is 0 Å². The van der Waals surface area contributed by atoms with Crippen LogP contribution in [-0.4, -0.2) is 18.5 Å². The first kappa shape index (κ1) is 13.1. The Morgan fingerprint density at radius 3 is 2.72 bits per heavy atom. The number of carbonyl (C=O) groups is 1. The van der Waals surface area contributed by atoms with Crippen LogP contribution < -0.4 is 10.6 Å². The predicted molar refractivity (Wildman–Crippen MR) is 65.6 cm³/mol. The minimum absolute atomic E-state index is 0.0253. The number of carbonyl (C=O) groups excluding carboxylic acids is 1. The molecular formula is C12H13ClF2N2O. The van der Waals surface area contributed by atoms with Crippen molar-refractivity contribution in [1.82, 2.24) is 5.32 Å². The van der Waals surface area contributed by atoms with Gasteiger partial charge in [0.15, 0.2) is 5.82 Å². The Kier molecular flexibility index (Phi) is 4.01. The van der Waals surface area contributed by atoms with Gasteiger partial charge in [0, 0.05) is 25.1 Å². The van der Waals surface area contributed by atoms with E-state index in [9.17, 15) is 13.6 Å². The van der Waals surface area contributed by atoms with Gasteiger partial charge in [-0.2, -0.15) is 0 Å². The molecule has 1 fully saturated rings. The van der Waals surface area contributed by atoms with E-state index in [-0.39, 0.29) is 29.6 Å². The van der Waals surface area contributed by atoms with E-state index in [4.69, 9.17) is 11.6 Å². The fourth-order valence-corrected chi connectivity index (χ4v) is 1.80. The van der Waals surface area contributed by atoms with Crippen molar-refractivity contribution < 1.29 is 13.6 Å². The zero-order valence-electron chi connectivity index (χ0n) is 9.60. The van der Waals surface area contributed by atoms with E-state index >= 15 is 0 Å². The van der Waals surface area contributed by atoms with Crippen molar-refractivity contribution in [2.75, 3.05) is 11.9 Å². The van der Waals surface area contributed by atoms with Crippen LogP contribution in [0.15, 0.2) is 12.1 Å². The Morgan fingerprint density at radius 1 is 1.39 bits per heavy atom. The number of benzene rings is 1. The highest BCUT2D eigenvalue weighted by Gasteiger charge is 2.22. The largest absolute Gasteiger partial charge is 0.381 e. The van der Waals surface area contributed by atoms with Crippen LogP contribution in [0, 0.1) is 11.6 Å². The van der Waals surface area contributed by atoms with Crippen molar-refractivity contribution in [1.29, 1.82) is 0 Å². The lowest BCUT2D eigenvalue weighted by Gasteiger charge is -2.09. The van der Waals surface area contributed by atoms with Crippen molar-refractivity contribution in [3.8, 4) is 0 Å². The second kappa shape index (κ2) is 5.52. The van der Waals surface area contributed by atoms with Crippen LogP contribution in [0.1, 0.15) is 19.3 Å². The number of hydrogen-bond donors (Lipinski definition) is 2. The standard InChI is InChI=1S/C12H13ClF2N2O/c13-9-5-7(14)6-10(15)12(9)16-4-3-11(18)17-8-1-2-8/h5-6,8,16H,1-4H2,(H,17,18). The first-order chi connectivity index (χ1) is 8.56. The maximum absolute atomic E-state index is 13.4. The van der Waals surface area contributed by atoms with Gasteiger partial charge < -0.3 is 10.6 Å². The van der Waals surface area contributed by atoms with E-state index in [2.05, 4.69) is 10.6 Å². The number of rotatable bonds is 5. The van der Waals surface area contributed by atoms with Crippen molar-refractivity contribution in [3.05, 3.63) is 28.8 Å². The van der Waals surface area contributed by atoms with E-state index < -0.39 is 11.6 Å². The summed E-state index contributed by atoms with van der Waals surface area (Å²) < 4.78 is 26.2. The van der Waals surface area contributed by atoms with Gasteiger partial charge in [-0.1, -0.05) is 11.6 Å². The lowest BCUT2D eigenvalue weighted by atomic mass is 10.3. The normalized spacial score (nSPS) is 14.4. The number of amides is 1. The monoisotopic (exact) mass is 274 g/mol. The van der Waals surface area contributed by atoms with E-state index in [1.165, 1.54) is 0 Å². The highest BCUT2D eigenvalue weighted by Crippen LogP contribution is 2.26. The Hall–Kier alpha value is -1.36. The summed E-state index contributed by atoms with van der Waals surface area (Å²) in [6.07, 6.45) is 2.28. The molecule has 3 nitrogen and oxygen atoms in total. The summed E-state index contributed by atoms with van der Waals surface area (Å²) in [6.45, 7) is 0.251. The lowest BCUT2D eigenvalue weighted by molar-refractivity contribution is -0.120. The number of anilines is 1. The molecule has 1 aliphatic rings. The van der Waals surface area contributed by atoms with Gasteiger partial charge in [-0.15, -0.1) is 0 Å². The summed E-state index contributed by atoms with van der Waals surface area (Å²) in [5, 5.41) is 5.48. The van der Waals surface area contributed by atoms with Gasteiger partial charge >= 0.3 is 0 Å². The van der Waals surface area contributed by atoms with Gasteiger partial charge in [-0.3, -0.25) is 4.79 Å². The van der Waals surface area contributed by atoms with Crippen LogP contribution in [0.3, 0.4) is 0 Å². The molecule has 0 heterocycles. The summed E-state index contributed by atoms with van der Waals surface area (Å²) in [6, 6.07) is 2.08. The molecule has 1 amide bonds. The smallest absolute Gasteiger partial charge is 0.221 e. The van der Waals surface area contributed by atoms with E-state index in [0.29, 0.717) is 6.04 Å². The molecule has 0 aromatic heterocycles. The zero-order valence-corrected chi connectivity index (χ0v) is 10.4. The van der Waals surface area contributed by atoms with Crippen LogP contribution in [0.2, 0.25) is 5.02 Å². The third-order valence-corrected chi connectivity index (χ3v) is 2.90. The van der Waals surface area contributed by atoms with Crippen molar-refractivity contribution >= 4 is 23.2 Å². The van der Waals surface area contributed by atoms with Crippen LogP contribution in [-0.2, 0) is 4.79 Å². The van der Waals surface area contributed by atoms with E-state index in [1.54, 1.807) is 0 Å². The van der Waals surface area contributed by atoms with Crippen molar-refractivity contribution in [2.45, 2.75) is 25.3 Å². The second-order valence-corrected chi connectivity index (χ2v) is 4.67. The maximum Gasteiger partial charge on any atom is 0.221 e. The van der Waals surface area contributed by atoms with Crippen molar-refractivity contribution in [3.63, 3.8) is 0 Å². The van der Waals surface area contributed by atoms with Gasteiger partial charge in [0.05, 0.1) is 10.7 Å². The van der Waals surface area contributed by atoms with Crippen LogP contribution >= 0.6 is 11.6 Å². The fraction of sp³-hybridized carbons (Fsp3) is 0.417. The molecule has 2 N–H and O–H groups in total. The lowest BCUT2D eigenvalue weighted by Crippen LogP contribution is -2.27. The highest BCUT2D eigenvalue weighted by atomic mass is 35.5. The van der Waals surface area contributed by atoms with Gasteiger partial charge in [0.25, 0.3) is 0 Å². The molecule has 0 bridgehead atoms. The zero-order chi connectivity index (χ0) is 13.1. The van der Waals surface area contributed by atoms with Crippen LogP contribution in [0.5, 0.6) is 0 Å². The first-order valence-corrected chi connectivity index (χ1v) is 6.12. The predicted octanol–water partition coefficient (Wildman–Crippen LogP) is 2.70. The first-order valence-electron chi connectivity index (χ1n) is 5.74. The number of nitrogens with one attached hydrogen (secondary N) is 2. The number of halogens is 3. The molecule has 1 saturated carbocycles. The average molecular weight is 275 g/mol. The molecule has 0 atom stereocenters. The van der Waals surface area contributed by atoms with Gasteiger partial charge in [-0.25, -0.2) is 8.78 Å². The quantitative estimate of drug-likeness (QED) is 0.867. The topological polar surface area (TPSA) is 41.1 Å². The molecule has 1 aromatic carbocycles. The van der Waals surface area contributed by atoms with Crippen molar-refractivity contribution in [2.24, 2.45) is 0 Å². The summed E-state index contributed by atoms with van der Waals surface area (Å²) in [5.41, 5.74) is 0.0253. The van der Waals surface area contributed by atoms with E-state index in [0.717, 1.165) is 25.0 Å². The highest BCUT2D eigenvalue weighted by molar-refractivity contribution is 6.33.